The first-order chi connectivity index (χ1) is 11.9. The molecule has 0 aliphatic carbocycles. The van der Waals surface area contributed by atoms with E-state index in [0.717, 1.165) is 12.1 Å². The van der Waals surface area contributed by atoms with Gasteiger partial charge in [0.15, 0.2) is 5.82 Å². The standard InChI is InChI=1S/C14H14ClF2N3O3S2/c15-8-3-13(25(21,22)20-14-6-24-7-19-14)9(16)4-12(8)23-11-1-2-18-5-10(11)17/h3-4,6-7,10-11,18,20H,1-2,5H2. The van der Waals surface area contributed by atoms with E-state index in [2.05, 4.69) is 15.0 Å². The van der Waals surface area contributed by atoms with Crippen LogP contribution in [0, 0.1) is 5.82 Å². The lowest BCUT2D eigenvalue weighted by Crippen LogP contribution is -2.44. The molecule has 0 spiro atoms. The number of thiazole rings is 1. The number of sulfonamides is 1. The van der Waals surface area contributed by atoms with Gasteiger partial charge in [-0.1, -0.05) is 11.6 Å². The number of anilines is 1. The van der Waals surface area contributed by atoms with E-state index in [1.165, 1.54) is 22.2 Å². The molecule has 2 atom stereocenters. The molecule has 0 bridgehead atoms. The van der Waals surface area contributed by atoms with Crippen LogP contribution in [0.15, 0.2) is 27.9 Å². The highest BCUT2D eigenvalue weighted by atomic mass is 35.5. The monoisotopic (exact) mass is 409 g/mol. The topological polar surface area (TPSA) is 80.3 Å². The maximum absolute atomic E-state index is 14.3. The van der Waals surface area contributed by atoms with Crippen molar-refractivity contribution in [2.45, 2.75) is 23.6 Å². The fourth-order valence-corrected chi connectivity index (χ4v) is 4.27. The second-order valence-electron chi connectivity index (χ2n) is 5.36. The lowest BCUT2D eigenvalue weighted by molar-refractivity contribution is 0.0729. The van der Waals surface area contributed by atoms with Crippen LogP contribution >= 0.6 is 22.9 Å². The number of nitrogens with one attached hydrogen (secondary N) is 2. The van der Waals surface area contributed by atoms with Gasteiger partial charge in [0.1, 0.15) is 28.7 Å². The number of hydrogen-bond donors (Lipinski definition) is 2. The molecule has 11 heteroatoms. The van der Waals surface area contributed by atoms with Gasteiger partial charge >= 0.3 is 0 Å². The van der Waals surface area contributed by atoms with Crippen LogP contribution in [0.1, 0.15) is 6.42 Å². The van der Waals surface area contributed by atoms with Gasteiger partial charge in [0.05, 0.1) is 10.5 Å². The summed E-state index contributed by atoms with van der Waals surface area (Å²) in [5.74, 6) is -1.07. The molecule has 0 saturated carbocycles. The molecule has 0 radical (unpaired) electrons. The number of piperidine rings is 1. The van der Waals surface area contributed by atoms with Gasteiger partial charge in [-0.2, -0.15) is 0 Å². The Balaban J connectivity index is 1.84. The Morgan fingerprint density at radius 2 is 2.24 bits per heavy atom. The van der Waals surface area contributed by atoms with Gasteiger partial charge in [-0.05, 0) is 19.0 Å². The molecule has 2 aromatic rings. The summed E-state index contributed by atoms with van der Waals surface area (Å²) in [7, 11) is -4.20. The molecule has 0 amide bonds. The molecule has 25 heavy (non-hydrogen) atoms. The third-order valence-electron chi connectivity index (χ3n) is 3.57. The molecule has 1 aromatic carbocycles. The van der Waals surface area contributed by atoms with Crippen LogP contribution in [0.4, 0.5) is 14.6 Å². The van der Waals surface area contributed by atoms with Crippen molar-refractivity contribution in [3.8, 4) is 5.75 Å². The molecule has 2 heterocycles. The van der Waals surface area contributed by atoms with Gasteiger partial charge in [0.2, 0.25) is 0 Å². The average molecular weight is 410 g/mol. The SMILES string of the molecule is O=S(=O)(Nc1cscn1)c1cc(Cl)c(OC2CCNCC2F)cc1F. The van der Waals surface area contributed by atoms with Crippen molar-refractivity contribution in [3.05, 3.63) is 33.9 Å². The van der Waals surface area contributed by atoms with E-state index in [-0.39, 0.29) is 23.1 Å². The molecule has 1 saturated heterocycles. The van der Waals surface area contributed by atoms with E-state index >= 15 is 0 Å². The minimum Gasteiger partial charge on any atom is -0.486 e. The summed E-state index contributed by atoms with van der Waals surface area (Å²) in [6.07, 6.45) is -1.64. The summed E-state index contributed by atoms with van der Waals surface area (Å²) in [5.41, 5.74) is 1.44. The van der Waals surface area contributed by atoms with Gasteiger partial charge in [-0.3, -0.25) is 4.72 Å². The second-order valence-corrected chi connectivity index (χ2v) is 8.13. The second kappa shape index (κ2) is 7.40. The van der Waals surface area contributed by atoms with Crippen LogP contribution in [0.25, 0.3) is 0 Å². The van der Waals surface area contributed by atoms with Crippen LogP contribution in [0.3, 0.4) is 0 Å². The first kappa shape index (κ1) is 18.3. The van der Waals surface area contributed by atoms with Gasteiger partial charge in [-0.15, -0.1) is 11.3 Å². The number of hydrogen-bond acceptors (Lipinski definition) is 6. The Labute approximate surface area is 152 Å². The lowest BCUT2D eigenvalue weighted by atomic mass is 10.1. The Morgan fingerprint density at radius 1 is 1.44 bits per heavy atom. The highest BCUT2D eigenvalue weighted by molar-refractivity contribution is 7.92. The molecule has 1 fully saturated rings. The van der Waals surface area contributed by atoms with E-state index in [4.69, 9.17) is 16.3 Å². The Hall–Kier alpha value is -1.49. The van der Waals surface area contributed by atoms with Crippen LogP contribution in [-0.4, -0.2) is 38.8 Å². The fourth-order valence-electron chi connectivity index (χ4n) is 2.35. The highest BCUT2D eigenvalue weighted by Crippen LogP contribution is 2.32. The van der Waals surface area contributed by atoms with Crippen LogP contribution in [0.2, 0.25) is 5.02 Å². The first-order valence-electron chi connectivity index (χ1n) is 7.28. The van der Waals surface area contributed by atoms with Crippen molar-refractivity contribution in [2.75, 3.05) is 17.8 Å². The Bertz CT molecular complexity index is 849. The third kappa shape index (κ3) is 4.20. The van der Waals surface area contributed by atoms with Gasteiger partial charge in [0, 0.05) is 18.0 Å². The predicted molar refractivity (Wildman–Crippen MR) is 91.1 cm³/mol. The minimum atomic E-state index is -4.20. The predicted octanol–water partition coefficient (Wildman–Crippen LogP) is 2.82. The van der Waals surface area contributed by atoms with Gasteiger partial charge < -0.3 is 10.1 Å². The number of rotatable bonds is 5. The highest BCUT2D eigenvalue weighted by Gasteiger charge is 2.28. The van der Waals surface area contributed by atoms with Crippen LogP contribution in [0.5, 0.6) is 5.75 Å². The molecular weight excluding hydrogens is 396 g/mol. The molecule has 1 aromatic heterocycles. The molecule has 2 unspecified atom stereocenters. The fraction of sp³-hybridized carbons (Fsp3) is 0.357. The number of aromatic nitrogens is 1. The van der Waals surface area contributed by atoms with Gasteiger partial charge in [0.25, 0.3) is 10.0 Å². The number of halogens is 3. The number of ether oxygens (including phenoxy) is 1. The van der Waals surface area contributed by atoms with Crippen molar-refractivity contribution >= 4 is 38.8 Å². The summed E-state index contributed by atoms with van der Waals surface area (Å²) in [4.78, 5) is 3.14. The summed E-state index contributed by atoms with van der Waals surface area (Å²) < 4.78 is 60.3. The van der Waals surface area contributed by atoms with E-state index in [1.54, 1.807) is 0 Å². The van der Waals surface area contributed by atoms with Crippen molar-refractivity contribution in [1.82, 2.24) is 10.3 Å². The van der Waals surface area contributed by atoms with Gasteiger partial charge in [-0.25, -0.2) is 22.2 Å². The molecule has 2 N–H and O–H groups in total. The van der Waals surface area contributed by atoms with Crippen molar-refractivity contribution in [2.24, 2.45) is 0 Å². The van der Waals surface area contributed by atoms with E-state index in [9.17, 15) is 17.2 Å². The molecule has 6 nitrogen and oxygen atoms in total. The Morgan fingerprint density at radius 3 is 2.92 bits per heavy atom. The maximum Gasteiger partial charge on any atom is 0.266 e. The van der Waals surface area contributed by atoms with Crippen LogP contribution in [-0.2, 0) is 10.0 Å². The summed E-state index contributed by atoms with van der Waals surface area (Å²) in [6, 6.07) is 1.79. The van der Waals surface area contributed by atoms with E-state index < -0.39 is 33.0 Å². The molecule has 1 aliphatic rings. The van der Waals surface area contributed by atoms with Crippen molar-refractivity contribution < 1.29 is 21.9 Å². The molecule has 3 rings (SSSR count). The number of benzene rings is 1. The van der Waals surface area contributed by atoms with E-state index in [1.807, 2.05) is 0 Å². The quantitative estimate of drug-likeness (QED) is 0.793. The zero-order valence-electron chi connectivity index (χ0n) is 12.7. The first-order valence-corrected chi connectivity index (χ1v) is 10.1. The van der Waals surface area contributed by atoms with E-state index in [0.29, 0.717) is 13.0 Å². The van der Waals surface area contributed by atoms with Crippen molar-refractivity contribution in [3.63, 3.8) is 0 Å². The zero-order valence-corrected chi connectivity index (χ0v) is 15.1. The third-order valence-corrected chi connectivity index (χ3v) is 5.83. The Kier molecular flexibility index (Phi) is 5.42. The lowest BCUT2D eigenvalue weighted by Gasteiger charge is -2.27. The summed E-state index contributed by atoms with van der Waals surface area (Å²) in [5, 5.41) is 4.22. The molecule has 136 valence electrons. The van der Waals surface area contributed by atoms with Crippen LogP contribution < -0.4 is 14.8 Å². The maximum atomic E-state index is 14.3. The zero-order chi connectivity index (χ0) is 18.0. The largest absolute Gasteiger partial charge is 0.486 e. The summed E-state index contributed by atoms with van der Waals surface area (Å²) in [6.45, 7) is 0.698. The molecule has 1 aliphatic heterocycles. The molecular formula is C14H14ClF2N3O3S2. The minimum absolute atomic E-state index is 0.0795. The average Bonchev–Trinajstić information content (AvgIpc) is 3.04. The summed E-state index contributed by atoms with van der Waals surface area (Å²) >= 11 is 7.21. The normalized spacial score (nSPS) is 21.1. The smallest absolute Gasteiger partial charge is 0.266 e. The van der Waals surface area contributed by atoms with Crippen molar-refractivity contribution in [1.29, 1.82) is 0 Å². The number of alkyl halides is 1. The number of nitrogens with zero attached hydrogens (tertiary/aromatic N) is 1.